The van der Waals surface area contributed by atoms with Crippen LogP contribution in [0.2, 0.25) is 0 Å². The van der Waals surface area contributed by atoms with Crippen LogP contribution in [0, 0.1) is 0 Å². The lowest BCUT2D eigenvalue weighted by atomic mass is 10.1. The lowest BCUT2D eigenvalue weighted by Crippen LogP contribution is -2.37. The van der Waals surface area contributed by atoms with Crippen molar-refractivity contribution in [1.29, 1.82) is 0 Å². The lowest BCUT2D eigenvalue weighted by molar-refractivity contribution is -0.137. The van der Waals surface area contributed by atoms with E-state index in [0.29, 0.717) is 0 Å². The maximum Gasteiger partial charge on any atom is 0.416 e. The zero-order valence-corrected chi connectivity index (χ0v) is 12.6. The van der Waals surface area contributed by atoms with E-state index in [-0.39, 0.29) is 23.7 Å². The summed E-state index contributed by atoms with van der Waals surface area (Å²) in [6.45, 7) is 1.46. The predicted molar refractivity (Wildman–Crippen MR) is 77.8 cm³/mol. The van der Waals surface area contributed by atoms with Crippen molar-refractivity contribution in [2.75, 3.05) is 13.7 Å². The monoisotopic (exact) mass is 327 g/mol. The van der Waals surface area contributed by atoms with Gasteiger partial charge in [-0.1, -0.05) is 12.1 Å². The summed E-state index contributed by atoms with van der Waals surface area (Å²) in [5.74, 6) is -0.283. The van der Waals surface area contributed by atoms with Gasteiger partial charge < -0.3 is 14.4 Å². The average molecular weight is 327 g/mol. The third kappa shape index (κ3) is 3.73. The number of hydrogen-bond acceptors (Lipinski definition) is 3. The fourth-order valence-electron chi connectivity index (χ4n) is 1.95. The first-order valence-electron chi connectivity index (χ1n) is 6.89. The second-order valence-electron chi connectivity index (χ2n) is 5.19. The van der Waals surface area contributed by atoms with Crippen molar-refractivity contribution in [3.05, 3.63) is 47.7 Å². The van der Waals surface area contributed by atoms with Crippen molar-refractivity contribution in [1.82, 2.24) is 4.90 Å². The van der Waals surface area contributed by atoms with E-state index in [1.54, 1.807) is 6.92 Å². The highest BCUT2D eigenvalue weighted by molar-refractivity contribution is 5.92. The number of carbonyl (C=O) groups is 1. The van der Waals surface area contributed by atoms with E-state index in [1.165, 1.54) is 36.2 Å². The zero-order valence-electron chi connectivity index (χ0n) is 12.6. The Hall–Kier alpha value is -2.28. The van der Waals surface area contributed by atoms with Crippen LogP contribution in [0.4, 0.5) is 13.2 Å². The molecule has 1 heterocycles. The van der Waals surface area contributed by atoms with Crippen molar-refractivity contribution in [3.63, 3.8) is 0 Å². The Morgan fingerprint density at radius 2 is 2.00 bits per heavy atom. The van der Waals surface area contributed by atoms with Gasteiger partial charge in [-0.25, -0.2) is 0 Å². The molecule has 7 heteroatoms. The van der Waals surface area contributed by atoms with Crippen molar-refractivity contribution in [2.45, 2.75) is 19.1 Å². The molecule has 23 heavy (non-hydrogen) atoms. The lowest BCUT2D eigenvalue weighted by Gasteiger charge is -2.21. The highest BCUT2D eigenvalue weighted by atomic mass is 19.4. The number of amides is 1. The van der Waals surface area contributed by atoms with Crippen LogP contribution < -0.4 is 0 Å². The highest BCUT2D eigenvalue weighted by Crippen LogP contribution is 2.32. The Morgan fingerprint density at radius 3 is 2.61 bits per heavy atom. The molecule has 1 N–H and O–H groups in total. The van der Waals surface area contributed by atoms with Crippen LogP contribution in [0.15, 0.2) is 40.8 Å². The summed E-state index contributed by atoms with van der Waals surface area (Å²) in [5.41, 5.74) is -0.554. The summed E-state index contributed by atoms with van der Waals surface area (Å²) in [6, 6.07) is 7.13. The first-order valence-corrected chi connectivity index (χ1v) is 6.89. The summed E-state index contributed by atoms with van der Waals surface area (Å²) in [7, 11) is 1.51. The van der Waals surface area contributed by atoms with E-state index in [0.717, 1.165) is 12.1 Å². The van der Waals surface area contributed by atoms with Crippen LogP contribution in [0.25, 0.3) is 11.3 Å². The number of nitrogens with zero attached hydrogens (tertiary/aromatic N) is 1. The molecular weight excluding hydrogens is 311 g/mol. The largest absolute Gasteiger partial charge is 0.451 e. The SMILES string of the molecule is CC(CO)N(C)C(=O)c1ccc(-c2cccc(C(F)(F)F)c2)o1. The molecule has 4 nitrogen and oxygen atoms in total. The second kappa shape index (κ2) is 6.45. The molecule has 124 valence electrons. The number of aliphatic hydroxyl groups excluding tert-OH is 1. The minimum atomic E-state index is -4.45. The van der Waals surface area contributed by atoms with Gasteiger partial charge in [-0.2, -0.15) is 13.2 Å². The summed E-state index contributed by atoms with van der Waals surface area (Å²) in [6.07, 6.45) is -4.45. The van der Waals surface area contributed by atoms with Gasteiger partial charge in [-0.05, 0) is 31.2 Å². The Bertz CT molecular complexity index is 694. The summed E-state index contributed by atoms with van der Waals surface area (Å²) in [4.78, 5) is 13.5. The fraction of sp³-hybridized carbons (Fsp3) is 0.312. The number of hydrogen-bond donors (Lipinski definition) is 1. The fourth-order valence-corrected chi connectivity index (χ4v) is 1.95. The van der Waals surface area contributed by atoms with Crippen LogP contribution in [0.3, 0.4) is 0 Å². The maximum absolute atomic E-state index is 12.7. The topological polar surface area (TPSA) is 53.7 Å². The molecule has 0 radical (unpaired) electrons. The molecule has 0 saturated carbocycles. The highest BCUT2D eigenvalue weighted by Gasteiger charge is 2.30. The smallest absolute Gasteiger partial charge is 0.416 e. The molecule has 1 aromatic carbocycles. The molecule has 0 saturated heterocycles. The molecule has 2 aromatic rings. The second-order valence-corrected chi connectivity index (χ2v) is 5.19. The van der Waals surface area contributed by atoms with Gasteiger partial charge >= 0.3 is 6.18 Å². The van der Waals surface area contributed by atoms with E-state index in [1.807, 2.05) is 0 Å². The summed E-state index contributed by atoms with van der Waals surface area (Å²) >= 11 is 0. The van der Waals surface area contributed by atoms with Crippen LogP contribution >= 0.6 is 0 Å². The van der Waals surface area contributed by atoms with Gasteiger partial charge in [-0.3, -0.25) is 4.79 Å². The quantitative estimate of drug-likeness (QED) is 0.936. The number of furan rings is 1. The molecule has 0 aliphatic rings. The molecule has 1 aromatic heterocycles. The number of halogens is 3. The predicted octanol–water partition coefficient (Wildman–Crippen LogP) is 3.42. The van der Waals surface area contributed by atoms with Gasteiger partial charge in [0.2, 0.25) is 0 Å². The molecule has 1 atom stereocenters. The van der Waals surface area contributed by atoms with Gasteiger partial charge in [0.05, 0.1) is 18.2 Å². The molecule has 0 spiro atoms. The van der Waals surface area contributed by atoms with Crippen molar-refractivity contribution >= 4 is 5.91 Å². The van der Waals surface area contributed by atoms with Crippen LogP contribution in [0.1, 0.15) is 23.0 Å². The average Bonchev–Trinajstić information content (AvgIpc) is 3.02. The van der Waals surface area contributed by atoms with Gasteiger partial charge in [0.1, 0.15) is 5.76 Å². The first kappa shape index (κ1) is 17.1. The molecule has 0 bridgehead atoms. The van der Waals surface area contributed by atoms with Crippen molar-refractivity contribution < 1.29 is 27.5 Å². The standard InChI is InChI=1S/C16H16F3NO3/c1-10(9-21)20(2)15(22)14-7-6-13(23-14)11-4-3-5-12(8-11)16(17,18)19/h3-8,10,21H,9H2,1-2H3. The first-order chi connectivity index (χ1) is 10.7. The van der Waals surface area contributed by atoms with Gasteiger partial charge in [0.25, 0.3) is 5.91 Å². The molecule has 0 fully saturated rings. The minimum Gasteiger partial charge on any atom is -0.451 e. The van der Waals surface area contributed by atoms with E-state index < -0.39 is 23.7 Å². The normalized spacial score (nSPS) is 13.0. The van der Waals surface area contributed by atoms with Gasteiger partial charge in [0, 0.05) is 12.6 Å². The Kier molecular flexibility index (Phi) is 4.79. The van der Waals surface area contributed by atoms with Crippen LogP contribution in [-0.4, -0.2) is 35.6 Å². The number of rotatable bonds is 4. The molecule has 1 unspecified atom stereocenters. The number of benzene rings is 1. The number of alkyl halides is 3. The number of likely N-dealkylation sites (N-methyl/N-ethyl adjacent to an activating group) is 1. The Balaban J connectivity index is 2.28. The number of carbonyl (C=O) groups excluding carboxylic acids is 1. The van der Waals surface area contributed by atoms with Gasteiger partial charge in [0.15, 0.2) is 5.76 Å². The van der Waals surface area contributed by atoms with Crippen LogP contribution in [0.5, 0.6) is 0 Å². The summed E-state index contributed by atoms with van der Waals surface area (Å²) in [5, 5.41) is 9.06. The molecule has 0 aliphatic carbocycles. The molecule has 1 amide bonds. The van der Waals surface area contributed by atoms with Crippen molar-refractivity contribution in [3.8, 4) is 11.3 Å². The third-order valence-electron chi connectivity index (χ3n) is 3.54. The molecule has 2 rings (SSSR count). The number of aliphatic hydroxyl groups is 1. The van der Waals surface area contributed by atoms with E-state index >= 15 is 0 Å². The van der Waals surface area contributed by atoms with Gasteiger partial charge in [-0.15, -0.1) is 0 Å². The Morgan fingerprint density at radius 1 is 1.30 bits per heavy atom. The zero-order chi connectivity index (χ0) is 17.2. The summed E-state index contributed by atoms with van der Waals surface area (Å²) < 4.78 is 43.6. The minimum absolute atomic E-state index is 0.000196. The van der Waals surface area contributed by atoms with E-state index in [4.69, 9.17) is 9.52 Å². The van der Waals surface area contributed by atoms with Crippen LogP contribution in [-0.2, 0) is 6.18 Å². The van der Waals surface area contributed by atoms with E-state index in [9.17, 15) is 18.0 Å². The van der Waals surface area contributed by atoms with Crippen molar-refractivity contribution in [2.24, 2.45) is 0 Å². The Labute approximate surface area is 131 Å². The van der Waals surface area contributed by atoms with E-state index in [2.05, 4.69) is 0 Å². The maximum atomic E-state index is 12.7. The molecule has 0 aliphatic heterocycles. The third-order valence-corrected chi connectivity index (χ3v) is 3.54. The molecular formula is C16H16F3NO3.